The van der Waals surface area contributed by atoms with Gasteiger partial charge in [0.25, 0.3) is 0 Å². The molecule has 0 N–H and O–H groups in total. The standard InChI is InChI=1S/C14H10ClNO3S2/c1-9-4-6-10(7-5-9)21(17,18)14-12(15)20-13(16-14)11-3-2-8-19-11/h2-8H,1H3. The summed E-state index contributed by atoms with van der Waals surface area (Å²) in [6.45, 7) is 1.89. The van der Waals surface area contributed by atoms with Gasteiger partial charge in [-0.3, -0.25) is 0 Å². The van der Waals surface area contributed by atoms with Crippen molar-refractivity contribution in [2.75, 3.05) is 0 Å². The number of hydrogen-bond acceptors (Lipinski definition) is 5. The number of hydrogen-bond donors (Lipinski definition) is 0. The van der Waals surface area contributed by atoms with E-state index in [9.17, 15) is 8.42 Å². The van der Waals surface area contributed by atoms with Gasteiger partial charge in [0.1, 0.15) is 4.34 Å². The normalized spacial score (nSPS) is 11.7. The first-order valence-corrected chi connectivity index (χ1v) is 8.68. The van der Waals surface area contributed by atoms with E-state index in [1.165, 1.54) is 6.26 Å². The third-order valence-corrected chi connectivity index (χ3v) is 6.08. The molecule has 0 bridgehead atoms. The van der Waals surface area contributed by atoms with Crippen molar-refractivity contribution in [1.82, 2.24) is 4.98 Å². The maximum atomic E-state index is 12.6. The van der Waals surface area contributed by atoms with E-state index in [0.717, 1.165) is 16.9 Å². The average molecular weight is 340 g/mol. The zero-order chi connectivity index (χ0) is 15.0. The molecule has 2 heterocycles. The molecule has 1 aromatic carbocycles. The van der Waals surface area contributed by atoms with E-state index in [1.54, 1.807) is 36.4 Å². The highest BCUT2D eigenvalue weighted by Gasteiger charge is 2.26. The minimum absolute atomic E-state index is 0.127. The molecule has 0 aliphatic heterocycles. The number of thiazole rings is 1. The zero-order valence-corrected chi connectivity index (χ0v) is 13.3. The smallest absolute Gasteiger partial charge is 0.226 e. The Kier molecular flexibility index (Phi) is 3.61. The first-order valence-electron chi connectivity index (χ1n) is 6.00. The lowest BCUT2D eigenvalue weighted by atomic mass is 10.2. The number of halogens is 1. The molecule has 0 amide bonds. The molecule has 0 aliphatic rings. The van der Waals surface area contributed by atoms with E-state index in [-0.39, 0.29) is 14.3 Å². The van der Waals surface area contributed by atoms with Gasteiger partial charge in [0, 0.05) is 0 Å². The van der Waals surface area contributed by atoms with Crippen molar-refractivity contribution in [2.24, 2.45) is 0 Å². The third kappa shape index (κ3) is 2.62. The van der Waals surface area contributed by atoms with Crippen LogP contribution in [0, 0.1) is 6.92 Å². The first-order chi connectivity index (χ1) is 9.98. The van der Waals surface area contributed by atoms with E-state index in [2.05, 4.69) is 4.98 Å². The maximum Gasteiger partial charge on any atom is 0.226 e. The van der Waals surface area contributed by atoms with Crippen LogP contribution < -0.4 is 0 Å². The molecule has 0 atom stereocenters. The van der Waals surface area contributed by atoms with Gasteiger partial charge in [-0.05, 0) is 31.2 Å². The summed E-state index contributed by atoms with van der Waals surface area (Å²) in [5, 5.41) is 0.306. The van der Waals surface area contributed by atoms with Gasteiger partial charge in [0.05, 0.1) is 11.2 Å². The van der Waals surface area contributed by atoms with Crippen LogP contribution in [0.1, 0.15) is 5.56 Å². The van der Waals surface area contributed by atoms with Crippen molar-refractivity contribution >= 4 is 32.8 Å². The Balaban J connectivity index is 2.09. The zero-order valence-electron chi connectivity index (χ0n) is 10.9. The molecule has 0 spiro atoms. The molecule has 0 fully saturated rings. The summed E-state index contributed by atoms with van der Waals surface area (Å²) in [5.74, 6) is 0.493. The Labute approximate surface area is 130 Å². The topological polar surface area (TPSA) is 60.2 Å². The van der Waals surface area contributed by atoms with Gasteiger partial charge in [-0.1, -0.05) is 40.6 Å². The van der Waals surface area contributed by atoms with Gasteiger partial charge in [-0.15, -0.1) is 0 Å². The summed E-state index contributed by atoms with van der Waals surface area (Å²) in [6.07, 6.45) is 1.50. The van der Waals surface area contributed by atoms with E-state index < -0.39 is 9.84 Å². The number of furan rings is 1. The van der Waals surface area contributed by atoms with Crippen molar-refractivity contribution in [1.29, 1.82) is 0 Å². The fourth-order valence-electron chi connectivity index (χ4n) is 1.79. The number of sulfone groups is 1. The highest BCUT2D eigenvalue weighted by atomic mass is 35.5. The van der Waals surface area contributed by atoms with Crippen LogP contribution in [0.15, 0.2) is 57.0 Å². The molecule has 0 aliphatic carbocycles. The van der Waals surface area contributed by atoms with Crippen LogP contribution in [0.3, 0.4) is 0 Å². The summed E-state index contributed by atoms with van der Waals surface area (Å²) in [7, 11) is -3.73. The molecule has 2 aromatic heterocycles. The number of nitrogens with zero attached hydrogens (tertiary/aromatic N) is 1. The fourth-order valence-corrected chi connectivity index (χ4v) is 4.66. The number of aromatic nitrogens is 1. The molecule has 21 heavy (non-hydrogen) atoms. The summed E-state index contributed by atoms with van der Waals surface area (Å²) < 4.78 is 30.5. The largest absolute Gasteiger partial charge is 0.462 e. The molecule has 0 saturated carbocycles. The molecular formula is C14H10ClNO3S2. The third-order valence-electron chi connectivity index (χ3n) is 2.88. The van der Waals surface area contributed by atoms with Gasteiger partial charge < -0.3 is 4.42 Å². The molecule has 108 valence electrons. The molecule has 0 unspecified atom stereocenters. The number of rotatable bonds is 3. The van der Waals surface area contributed by atoms with Crippen molar-refractivity contribution in [3.05, 3.63) is 52.6 Å². The van der Waals surface area contributed by atoms with Crippen LogP contribution in [-0.2, 0) is 9.84 Å². The number of benzene rings is 1. The minimum Gasteiger partial charge on any atom is -0.462 e. The van der Waals surface area contributed by atoms with Crippen LogP contribution >= 0.6 is 22.9 Å². The van der Waals surface area contributed by atoms with Gasteiger partial charge in [0.15, 0.2) is 15.8 Å². The van der Waals surface area contributed by atoms with Crippen LogP contribution in [0.2, 0.25) is 4.34 Å². The Hall–Kier alpha value is -1.63. The first kappa shape index (κ1) is 14.3. The lowest BCUT2D eigenvalue weighted by Gasteiger charge is -2.02. The Bertz CT molecular complexity index is 866. The SMILES string of the molecule is Cc1ccc(S(=O)(=O)c2nc(-c3ccco3)sc2Cl)cc1. The molecular weight excluding hydrogens is 330 g/mol. The predicted molar refractivity (Wildman–Crippen MR) is 81.5 cm³/mol. The predicted octanol–water partition coefficient (Wildman–Crippen LogP) is 4.20. The quantitative estimate of drug-likeness (QED) is 0.717. The molecule has 4 nitrogen and oxygen atoms in total. The fraction of sp³-hybridized carbons (Fsp3) is 0.0714. The summed E-state index contributed by atoms with van der Waals surface area (Å²) in [5.41, 5.74) is 0.981. The van der Waals surface area contributed by atoms with E-state index >= 15 is 0 Å². The van der Waals surface area contributed by atoms with Crippen molar-refractivity contribution in [3.8, 4) is 10.8 Å². The summed E-state index contributed by atoms with van der Waals surface area (Å²) in [6, 6.07) is 9.98. The molecule has 3 rings (SSSR count). The Morgan fingerprint density at radius 2 is 1.90 bits per heavy atom. The minimum atomic E-state index is -3.73. The van der Waals surface area contributed by atoms with E-state index in [4.69, 9.17) is 16.0 Å². The van der Waals surface area contributed by atoms with Crippen LogP contribution in [0.5, 0.6) is 0 Å². The van der Waals surface area contributed by atoms with Gasteiger partial charge in [0.2, 0.25) is 9.84 Å². The second kappa shape index (κ2) is 5.29. The highest BCUT2D eigenvalue weighted by molar-refractivity contribution is 7.91. The molecule has 7 heteroatoms. The highest BCUT2D eigenvalue weighted by Crippen LogP contribution is 2.36. The van der Waals surface area contributed by atoms with Crippen molar-refractivity contribution < 1.29 is 12.8 Å². The molecule has 0 saturated heterocycles. The van der Waals surface area contributed by atoms with Gasteiger partial charge >= 0.3 is 0 Å². The summed E-state index contributed by atoms with van der Waals surface area (Å²) >= 11 is 7.14. The van der Waals surface area contributed by atoms with Crippen LogP contribution in [-0.4, -0.2) is 13.4 Å². The lowest BCUT2D eigenvalue weighted by molar-refractivity contribution is 0.580. The Morgan fingerprint density at radius 1 is 1.19 bits per heavy atom. The van der Waals surface area contributed by atoms with Gasteiger partial charge in [-0.2, -0.15) is 0 Å². The molecule has 3 aromatic rings. The van der Waals surface area contributed by atoms with Crippen molar-refractivity contribution in [2.45, 2.75) is 16.8 Å². The maximum absolute atomic E-state index is 12.6. The van der Waals surface area contributed by atoms with E-state index in [0.29, 0.717) is 10.8 Å². The monoisotopic (exact) mass is 339 g/mol. The van der Waals surface area contributed by atoms with E-state index in [1.807, 2.05) is 6.92 Å². The Morgan fingerprint density at radius 3 is 2.52 bits per heavy atom. The van der Waals surface area contributed by atoms with Crippen molar-refractivity contribution in [3.63, 3.8) is 0 Å². The van der Waals surface area contributed by atoms with Crippen LogP contribution in [0.4, 0.5) is 0 Å². The average Bonchev–Trinajstić information content (AvgIpc) is 3.08. The molecule has 0 radical (unpaired) electrons. The second-order valence-corrected chi connectivity index (χ2v) is 7.86. The van der Waals surface area contributed by atoms with Crippen LogP contribution in [0.25, 0.3) is 10.8 Å². The summed E-state index contributed by atoms with van der Waals surface area (Å²) in [4.78, 5) is 4.30. The second-order valence-electron chi connectivity index (χ2n) is 4.39. The van der Waals surface area contributed by atoms with Gasteiger partial charge in [-0.25, -0.2) is 13.4 Å². The lowest BCUT2D eigenvalue weighted by Crippen LogP contribution is -2.03. The number of aryl methyl sites for hydroxylation is 1.